The molecule has 102 valence electrons. The Labute approximate surface area is 111 Å². The van der Waals surface area contributed by atoms with Crippen molar-refractivity contribution in [1.29, 1.82) is 0 Å². The van der Waals surface area contributed by atoms with Gasteiger partial charge in [-0.3, -0.25) is 4.79 Å². The summed E-state index contributed by atoms with van der Waals surface area (Å²) >= 11 is 0. The summed E-state index contributed by atoms with van der Waals surface area (Å²) in [5.41, 5.74) is 0.321. The molecule has 0 unspecified atom stereocenters. The molecule has 1 saturated heterocycles. The molecule has 2 heterocycles. The van der Waals surface area contributed by atoms with E-state index < -0.39 is 5.97 Å². The Balaban J connectivity index is 1.98. The van der Waals surface area contributed by atoms with Crippen molar-refractivity contribution < 1.29 is 9.90 Å². The van der Waals surface area contributed by atoms with Crippen molar-refractivity contribution in [3.05, 3.63) is 23.2 Å². The van der Waals surface area contributed by atoms with E-state index in [9.17, 15) is 9.70 Å². The van der Waals surface area contributed by atoms with E-state index in [-0.39, 0.29) is 5.92 Å². The zero-order chi connectivity index (χ0) is 13.7. The van der Waals surface area contributed by atoms with Gasteiger partial charge in [0.15, 0.2) is 0 Å². The van der Waals surface area contributed by atoms with Gasteiger partial charge >= 0.3 is 5.97 Å². The largest absolute Gasteiger partial charge is 0.481 e. The fourth-order valence-corrected chi connectivity index (χ4v) is 2.41. The molecule has 1 aliphatic rings. The predicted octanol–water partition coefficient (Wildman–Crippen LogP) is 2.56. The Hall–Kier alpha value is -1.98. The van der Waals surface area contributed by atoms with Crippen LogP contribution in [-0.2, 0) is 4.79 Å². The number of rotatable bonds is 3. The summed E-state index contributed by atoms with van der Waals surface area (Å²) in [6, 6.07) is 3.43. The van der Waals surface area contributed by atoms with E-state index in [1.165, 1.54) is 6.20 Å². The molecule has 6 heteroatoms. The number of hydrogen-bond acceptors (Lipinski definition) is 5. The average molecular weight is 263 g/mol. The van der Waals surface area contributed by atoms with Gasteiger partial charge in [-0.15, -0.1) is 4.91 Å². The molecular formula is C13H17N3O3. The van der Waals surface area contributed by atoms with E-state index in [1.54, 1.807) is 12.1 Å². The molecule has 1 fully saturated rings. The Morgan fingerprint density at radius 1 is 1.32 bits per heavy atom. The van der Waals surface area contributed by atoms with Crippen LogP contribution in [0.25, 0.3) is 0 Å². The standard InChI is InChI=1S/C13H17N3O3/c17-13(18)10-3-1-7-16(8-2-4-10)12-6-5-11(15-19)9-14-12/h5-6,9-10H,1-4,7-8H2,(H,17,18). The van der Waals surface area contributed by atoms with Gasteiger partial charge in [0, 0.05) is 13.1 Å². The van der Waals surface area contributed by atoms with Crippen LogP contribution in [0.4, 0.5) is 11.5 Å². The SMILES string of the molecule is O=Nc1ccc(N2CCCC(C(=O)O)CCC2)nc1. The van der Waals surface area contributed by atoms with Crippen LogP contribution >= 0.6 is 0 Å². The average Bonchev–Trinajstić information content (AvgIpc) is 2.38. The number of carboxylic acid groups (broad SMARTS) is 1. The molecule has 1 aromatic rings. The van der Waals surface area contributed by atoms with Gasteiger partial charge in [-0.25, -0.2) is 4.98 Å². The van der Waals surface area contributed by atoms with Crippen LogP contribution in [0, 0.1) is 10.8 Å². The van der Waals surface area contributed by atoms with Crippen molar-refractivity contribution in [1.82, 2.24) is 4.98 Å². The third-order valence-corrected chi connectivity index (χ3v) is 3.47. The highest BCUT2D eigenvalue weighted by Gasteiger charge is 2.20. The zero-order valence-corrected chi connectivity index (χ0v) is 10.7. The number of aromatic nitrogens is 1. The normalized spacial score (nSPS) is 17.6. The molecule has 0 spiro atoms. The van der Waals surface area contributed by atoms with Gasteiger partial charge in [0.1, 0.15) is 11.5 Å². The Kier molecular flexibility index (Phi) is 4.43. The van der Waals surface area contributed by atoms with E-state index in [4.69, 9.17) is 5.11 Å². The van der Waals surface area contributed by atoms with Crippen LogP contribution in [-0.4, -0.2) is 29.1 Å². The quantitative estimate of drug-likeness (QED) is 0.847. The van der Waals surface area contributed by atoms with Crippen LogP contribution in [0.1, 0.15) is 25.7 Å². The summed E-state index contributed by atoms with van der Waals surface area (Å²) in [5.74, 6) is -0.0779. The highest BCUT2D eigenvalue weighted by Crippen LogP contribution is 2.22. The number of aliphatic carboxylic acids is 1. The van der Waals surface area contributed by atoms with Crippen molar-refractivity contribution in [2.75, 3.05) is 18.0 Å². The molecule has 6 nitrogen and oxygen atoms in total. The summed E-state index contributed by atoms with van der Waals surface area (Å²) in [5, 5.41) is 11.9. The molecule has 1 aliphatic heterocycles. The van der Waals surface area contributed by atoms with Crippen LogP contribution in [0.15, 0.2) is 23.5 Å². The van der Waals surface area contributed by atoms with Crippen molar-refractivity contribution in [2.24, 2.45) is 11.1 Å². The Bertz CT molecular complexity index is 437. The third kappa shape index (κ3) is 3.49. The second kappa shape index (κ2) is 6.26. The summed E-state index contributed by atoms with van der Waals surface area (Å²) in [4.78, 5) is 27.7. The van der Waals surface area contributed by atoms with Crippen LogP contribution in [0.3, 0.4) is 0 Å². The lowest BCUT2D eigenvalue weighted by Crippen LogP contribution is -2.30. The fraction of sp³-hybridized carbons (Fsp3) is 0.538. The van der Waals surface area contributed by atoms with E-state index in [0.29, 0.717) is 18.5 Å². The predicted molar refractivity (Wildman–Crippen MR) is 71.5 cm³/mol. The van der Waals surface area contributed by atoms with E-state index in [1.807, 2.05) is 0 Å². The van der Waals surface area contributed by atoms with Crippen molar-refractivity contribution in [2.45, 2.75) is 25.7 Å². The topological polar surface area (TPSA) is 82.9 Å². The summed E-state index contributed by atoms with van der Waals surface area (Å²) in [6.45, 7) is 1.59. The summed E-state index contributed by atoms with van der Waals surface area (Å²) in [6.07, 6.45) is 4.55. The number of anilines is 1. The highest BCUT2D eigenvalue weighted by molar-refractivity contribution is 5.69. The van der Waals surface area contributed by atoms with Gasteiger partial charge in [0.05, 0.1) is 12.1 Å². The molecule has 1 N–H and O–H groups in total. The fourth-order valence-electron chi connectivity index (χ4n) is 2.41. The minimum absolute atomic E-state index is 0.211. The lowest BCUT2D eigenvalue weighted by Gasteiger charge is -2.27. The number of carboxylic acids is 1. The third-order valence-electron chi connectivity index (χ3n) is 3.47. The second-order valence-electron chi connectivity index (χ2n) is 4.77. The zero-order valence-electron chi connectivity index (χ0n) is 10.7. The first-order valence-electron chi connectivity index (χ1n) is 6.48. The molecule has 0 saturated carbocycles. The minimum atomic E-state index is -0.687. The van der Waals surface area contributed by atoms with Gasteiger partial charge in [0.25, 0.3) is 0 Å². The van der Waals surface area contributed by atoms with Crippen molar-refractivity contribution in [3.63, 3.8) is 0 Å². The first-order chi connectivity index (χ1) is 9.20. The van der Waals surface area contributed by atoms with Crippen LogP contribution in [0.5, 0.6) is 0 Å². The Morgan fingerprint density at radius 3 is 2.47 bits per heavy atom. The minimum Gasteiger partial charge on any atom is -0.481 e. The molecule has 0 bridgehead atoms. The molecule has 0 atom stereocenters. The monoisotopic (exact) mass is 263 g/mol. The summed E-state index contributed by atoms with van der Waals surface area (Å²) < 4.78 is 0. The number of carbonyl (C=O) groups is 1. The molecule has 19 heavy (non-hydrogen) atoms. The molecule has 2 rings (SSSR count). The first-order valence-corrected chi connectivity index (χ1v) is 6.48. The molecule has 0 radical (unpaired) electrons. The van der Waals surface area contributed by atoms with E-state index in [2.05, 4.69) is 15.1 Å². The van der Waals surface area contributed by atoms with E-state index in [0.717, 1.165) is 31.7 Å². The lowest BCUT2D eigenvalue weighted by molar-refractivity contribution is -0.142. The number of nitroso groups, excluding NO2 is 1. The van der Waals surface area contributed by atoms with Crippen molar-refractivity contribution >= 4 is 17.5 Å². The Morgan fingerprint density at radius 2 is 2.00 bits per heavy atom. The maximum absolute atomic E-state index is 11.0. The van der Waals surface area contributed by atoms with Crippen LogP contribution in [0.2, 0.25) is 0 Å². The van der Waals surface area contributed by atoms with Crippen molar-refractivity contribution in [3.8, 4) is 0 Å². The van der Waals surface area contributed by atoms with Gasteiger partial charge in [-0.2, -0.15) is 0 Å². The van der Waals surface area contributed by atoms with Crippen LogP contribution < -0.4 is 4.90 Å². The maximum Gasteiger partial charge on any atom is 0.306 e. The lowest BCUT2D eigenvalue weighted by atomic mass is 9.95. The van der Waals surface area contributed by atoms with Gasteiger partial charge in [-0.05, 0) is 43.0 Å². The second-order valence-corrected chi connectivity index (χ2v) is 4.77. The van der Waals surface area contributed by atoms with Gasteiger partial charge in [0.2, 0.25) is 0 Å². The highest BCUT2D eigenvalue weighted by atomic mass is 16.4. The number of nitrogens with zero attached hydrogens (tertiary/aromatic N) is 3. The first kappa shape index (κ1) is 13.5. The number of pyridine rings is 1. The van der Waals surface area contributed by atoms with Gasteiger partial charge < -0.3 is 10.0 Å². The maximum atomic E-state index is 11.0. The molecular weight excluding hydrogens is 246 g/mol. The smallest absolute Gasteiger partial charge is 0.306 e. The number of hydrogen-bond donors (Lipinski definition) is 1. The summed E-state index contributed by atoms with van der Waals surface area (Å²) in [7, 11) is 0. The van der Waals surface area contributed by atoms with Gasteiger partial charge in [-0.1, -0.05) is 0 Å². The van der Waals surface area contributed by atoms with E-state index >= 15 is 0 Å². The molecule has 0 aromatic carbocycles. The molecule has 1 aromatic heterocycles. The molecule has 0 aliphatic carbocycles. The molecule has 0 amide bonds.